The number of pyridine rings is 1. The summed E-state index contributed by atoms with van der Waals surface area (Å²) in [5.41, 5.74) is 3.77. The van der Waals surface area contributed by atoms with Crippen molar-refractivity contribution < 1.29 is 9.53 Å². The van der Waals surface area contributed by atoms with Gasteiger partial charge < -0.3 is 19.5 Å². The Morgan fingerprint density at radius 1 is 1.30 bits per heavy atom. The number of hydrogen-bond donors (Lipinski definition) is 1. The van der Waals surface area contributed by atoms with Gasteiger partial charge in [0.2, 0.25) is 0 Å². The molecule has 30 heavy (non-hydrogen) atoms. The number of carbonyl (C=O) groups excluding carboxylic acids is 1. The average Bonchev–Trinajstić information content (AvgIpc) is 3.33. The molecule has 3 aromatic rings. The quantitative estimate of drug-likeness (QED) is 0.719. The summed E-state index contributed by atoms with van der Waals surface area (Å²) in [6.45, 7) is 2.54. The number of ether oxygens (including phenoxy) is 1. The average molecular weight is 405 g/mol. The van der Waals surface area contributed by atoms with Gasteiger partial charge in [0.25, 0.3) is 0 Å². The maximum absolute atomic E-state index is 12.3. The van der Waals surface area contributed by atoms with E-state index in [1.807, 2.05) is 19.3 Å². The van der Waals surface area contributed by atoms with Crippen LogP contribution in [0.1, 0.15) is 24.8 Å². The highest BCUT2D eigenvalue weighted by atomic mass is 16.6. The number of aromatic nitrogens is 4. The summed E-state index contributed by atoms with van der Waals surface area (Å²) < 4.78 is 7.24. The summed E-state index contributed by atoms with van der Waals surface area (Å²) in [5.74, 6) is 0. The van der Waals surface area contributed by atoms with Gasteiger partial charge in [0.05, 0.1) is 28.5 Å². The van der Waals surface area contributed by atoms with Gasteiger partial charge in [0.1, 0.15) is 17.8 Å². The van der Waals surface area contributed by atoms with E-state index in [9.17, 15) is 10.1 Å². The van der Waals surface area contributed by atoms with Crippen molar-refractivity contribution in [2.24, 2.45) is 7.05 Å². The van der Waals surface area contributed by atoms with Gasteiger partial charge in [-0.05, 0) is 25.3 Å². The lowest BCUT2D eigenvalue weighted by Gasteiger charge is -2.37. The van der Waals surface area contributed by atoms with Crippen molar-refractivity contribution in [1.82, 2.24) is 24.6 Å². The maximum Gasteiger partial charge on any atom is 0.410 e. The minimum absolute atomic E-state index is 0.0966. The number of piperazine rings is 1. The van der Waals surface area contributed by atoms with E-state index in [2.05, 4.69) is 26.0 Å². The van der Waals surface area contributed by atoms with E-state index in [0.717, 1.165) is 41.6 Å². The minimum Gasteiger partial charge on any atom is -0.446 e. The Labute approximate surface area is 173 Å². The molecular formula is C21H23N7O2. The summed E-state index contributed by atoms with van der Waals surface area (Å²) in [4.78, 5) is 24.1. The number of fused-ring (bicyclic) bond motifs is 1. The largest absolute Gasteiger partial charge is 0.446 e. The Morgan fingerprint density at radius 2 is 2.10 bits per heavy atom. The number of aromatic amines is 1. The molecule has 3 aromatic heterocycles. The number of carbonyl (C=O) groups is 1. The van der Waals surface area contributed by atoms with Crippen LogP contribution in [0.3, 0.4) is 0 Å². The summed E-state index contributed by atoms with van der Waals surface area (Å²) in [5, 5.41) is 14.9. The van der Waals surface area contributed by atoms with Gasteiger partial charge in [-0.15, -0.1) is 0 Å². The van der Waals surface area contributed by atoms with E-state index in [-0.39, 0.29) is 12.2 Å². The van der Waals surface area contributed by atoms with Crippen LogP contribution < -0.4 is 4.90 Å². The standard InChI is InChI=1S/C21H23N7O2/c1-26-13-14(12-24-26)19-16(11-22)18-17(5-6-23-20(18)25-19)27-7-9-28(10-8-27)21(29)30-15-3-2-4-15/h5-6,12-13,15H,2-4,7-10H2,1H3,(H,23,25). The third-order valence-corrected chi connectivity index (χ3v) is 5.98. The van der Waals surface area contributed by atoms with Gasteiger partial charge >= 0.3 is 6.09 Å². The number of amides is 1. The normalized spacial score (nSPS) is 17.1. The molecule has 0 bridgehead atoms. The van der Waals surface area contributed by atoms with Gasteiger partial charge in [0, 0.05) is 51.2 Å². The number of nitrogens with one attached hydrogen (secondary N) is 1. The van der Waals surface area contributed by atoms with Gasteiger partial charge in [-0.1, -0.05) is 0 Å². The number of hydrogen-bond acceptors (Lipinski definition) is 6. The highest BCUT2D eigenvalue weighted by Gasteiger charge is 2.29. The molecule has 0 radical (unpaired) electrons. The molecule has 0 unspecified atom stereocenters. The third-order valence-electron chi connectivity index (χ3n) is 5.98. The molecular weight excluding hydrogens is 382 g/mol. The van der Waals surface area contributed by atoms with Crippen LogP contribution in [0.4, 0.5) is 10.5 Å². The first-order chi connectivity index (χ1) is 14.6. The predicted octanol–water partition coefficient (Wildman–Crippen LogP) is 2.65. The fraction of sp³-hybridized carbons (Fsp3) is 0.429. The Balaban J connectivity index is 1.40. The molecule has 1 saturated carbocycles. The number of anilines is 1. The molecule has 0 aromatic carbocycles. The van der Waals surface area contributed by atoms with Gasteiger partial charge in [-0.2, -0.15) is 10.4 Å². The highest BCUT2D eigenvalue weighted by Crippen LogP contribution is 2.35. The van der Waals surface area contributed by atoms with Crippen LogP contribution >= 0.6 is 0 Å². The van der Waals surface area contributed by atoms with Crippen molar-refractivity contribution in [1.29, 1.82) is 5.26 Å². The van der Waals surface area contributed by atoms with Crippen LogP contribution in [-0.4, -0.2) is 63.0 Å². The Bertz CT molecular complexity index is 1130. The van der Waals surface area contributed by atoms with Crippen molar-refractivity contribution in [3.8, 4) is 17.3 Å². The molecule has 1 amide bonds. The number of H-pyrrole nitrogens is 1. The highest BCUT2D eigenvalue weighted by molar-refractivity contribution is 6.00. The van der Waals surface area contributed by atoms with Crippen molar-refractivity contribution >= 4 is 22.8 Å². The van der Waals surface area contributed by atoms with E-state index in [0.29, 0.717) is 37.4 Å². The molecule has 1 saturated heterocycles. The van der Waals surface area contributed by atoms with E-state index < -0.39 is 0 Å². The third kappa shape index (κ3) is 3.14. The van der Waals surface area contributed by atoms with Gasteiger partial charge in [-0.3, -0.25) is 4.68 Å². The zero-order valence-electron chi connectivity index (χ0n) is 16.8. The lowest BCUT2D eigenvalue weighted by Crippen LogP contribution is -2.50. The lowest BCUT2D eigenvalue weighted by atomic mass is 9.96. The van der Waals surface area contributed by atoms with Crippen molar-refractivity contribution in [3.05, 3.63) is 30.2 Å². The molecule has 2 fully saturated rings. The molecule has 1 aliphatic carbocycles. The van der Waals surface area contributed by atoms with Crippen molar-refractivity contribution in [2.45, 2.75) is 25.4 Å². The summed E-state index contributed by atoms with van der Waals surface area (Å²) in [7, 11) is 1.84. The van der Waals surface area contributed by atoms with E-state index >= 15 is 0 Å². The first-order valence-corrected chi connectivity index (χ1v) is 10.2. The molecule has 1 N–H and O–H groups in total. The zero-order chi connectivity index (χ0) is 20.7. The molecule has 9 nitrogen and oxygen atoms in total. The van der Waals surface area contributed by atoms with E-state index in [4.69, 9.17) is 4.74 Å². The monoisotopic (exact) mass is 405 g/mol. The molecule has 154 valence electrons. The fourth-order valence-electron chi connectivity index (χ4n) is 4.08. The van der Waals surface area contributed by atoms with Crippen LogP contribution in [0, 0.1) is 11.3 Å². The summed E-state index contributed by atoms with van der Waals surface area (Å²) in [6, 6.07) is 4.28. The van der Waals surface area contributed by atoms with Gasteiger partial charge in [0.15, 0.2) is 0 Å². The molecule has 9 heteroatoms. The molecule has 0 spiro atoms. The topological polar surface area (TPSA) is 103 Å². The van der Waals surface area contributed by atoms with Crippen LogP contribution in [0.2, 0.25) is 0 Å². The molecule has 2 aliphatic rings. The van der Waals surface area contributed by atoms with Crippen molar-refractivity contribution in [3.63, 3.8) is 0 Å². The van der Waals surface area contributed by atoms with Gasteiger partial charge in [-0.25, -0.2) is 9.78 Å². The number of nitrogens with zero attached hydrogens (tertiary/aromatic N) is 6. The number of aryl methyl sites for hydroxylation is 1. The second kappa shape index (κ2) is 7.37. The smallest absolute Gasteiger partial charge is 0.410 e. The van der Waals surface area contributed by atoms with E-state index in [1.165, 1.54) is 0 Å². The first-order valence-electron chi connectivity index (χ1n) is 10.2. The molecule has 4 heterocycles. The second-order valence-corrected chi connectivity index (χ2v) is 7.85. The number of nitriles is 1. The SMILES string of the molecule is Cn1cc(-c2[nH]c3nccc(N4CCN(C(=O)OC5CCC5)CC4)c3c2C#N)cn1. The summed E-state index contributed by atoms with van der Waals surface area (Å²) in [6.07, 6.45) is 8.34. The Hall–Kier alpha value is -3.54. The van der Waals surface area contributed by atoms with Crippen LogP contribution in [0.25, 0.3) is 22.3 Å². The summed E-state index contributed by atoms with van der Waals surface area (Å²) >= 11 is 0. The zero-order valence-corrected chi connectivity index (χ0v) is 16.8. The van der Waals surface area contributed by atoms with Crippen LogP contribution in [0.15, 0.2) is 24.7 Å². The molecule has 5 rings (SSSR count). The minimum atomic E-state index is -0.211. The fourth-order valence-corrected chi connectivity index (χ4v) is 4.08. The maximum atomic E-state index is 12.3. The van der Waals surface area contributed by atoms with Crippen LogP contribution in [-0.2, 0) is 11.8 Å². The predicted molar refractivity (Wildman–Crippen MR) is 111 cm³/mol. The Morgan fingerprint density at radius 3 is 2.73 bits per heavy atom. The van der Waals surface area contributed by atoms with Crippen molar-refractivity contribution in [2.75, 3.05) is 31.1 Å². The second-order valence-electron chi connectivity index (χ2n) is 7.85. The first kappa shape index (κ1) is 18.5. The van der Waals surface area contributed by atoms with E-state index in [1.54, 1.807) is 22.0 Å². The molecule has 0 atom stereocenters. The Kier molecular flexibility index (Phi) is 4.54. The van der Waals surface area contributed by atoms with Crippen LogP contribution in [0.5, 0.6) is 0 Å². The molecule has 1 aliphatic heterocycles. The lowest BCUT2D eigenvalue weighted by molar-refractivity contribution is 0.0260. The number of rotatable bonds is 3.